The highest BCUT2D eigenvalue weighted by molar-refractivity contribution is 6.31. The molecule has 1 atom stereocenters. The van der Waals surface area contributed by atoms with E-state index >= 15 is 0 Å². The van der Waals surface area contributed by atoms with E-state index in [2.05, 4.69) is 16.5 Å². The molecule has 1 aliphatic rings. The Morgan fingerprint density at radius 2 is 2.04 bits per heavy atom. The van der Waals surface area contributed by atoms with E-state index in [0.717, 1.165) is 30.4 Å². The first-order chi connectivity index (χ1) is 13.3. The highest BCUT2D eigenvalue weighted by Gasteiger charge is 2.30. The summed E-state index contributed by atoms with van der Waals surface area (Å²) < 4.78 is 21.4. The van der Waals surface area contributed by atoms with Crippen LogP contribution < -0.4 is 4.74 Å². The van der Waals surface area contributed by atoms with Crippen LogP contribution in [0, 0.1) is 5.82 Å². The lowest BCUT2D eigenvalue weighted by Gasteiger charge is -2.29. The molecule has 3 aromatic rings. The van der Waals surface area contributed by atoms with E-state index in [1.165, 1.54) is 24.4 Å². The molecule has 148 valence electrons. The normalized spacial score (nSPS) is 16.8. The van der Waals surface area contributed by atoms with Crippen molar-refractivity contribution in [2.75, 3.05) is 20.7 Å². The molecule has 1 N–H and O–H groups in total. The lowest BCUT2D eigenvalue weighted by molar-refractivity contribution is 0.0377. The Bertz CT molecular complexity index is 1040. The molecule has 0 fully saturated rings. The van der Waals surface area contributed by atoms with Crippen LogP contribution in [0.5, 0.6) is 5.75 Å². The molecule has 0 spiro atoms. The molecule has 2 aromatic carbocycles. The molecule has 28 heavy (non-hydrogen) atoms. The van der Waals surface area contributed by atoms with Crippen molar-refractivity contribution in [1.29, 1.82) is 0 Å². The van der Waals surface area contributed by atoms with Crippen LogP contribution in [0.3, 0.4) is 0 Å². The van der Waals surface area contributed by atoms with Gasteiger partial charge in [-0.3, -0.25) is 0 Å². The number of fused-ring (bicyclic) bond motifs is 3. The molecular formula is C22H24ClFN2O2. The molecule has 0 radical (unpaired) electrons. The Kier molecular flexibility index (Phi) is 4.86. The minimum atomic E-state index is -1.25. The van der Waals surface area contributed by atoms with Gasteiger partial charge < -0.3 is 19.3 Å². The number of aliphatic hydroxyl groups is 1. The van der Waals surface area contributed by atoms with Crippen molar-refractivity contribution in [3.05, 3.63) is 64.1 Å². The van der Waals surface area contributed by atoms with Crippen LogP contribution in [-0.4, -0.2) is 35.3 Å². The van der Waals surface area contributed by atoms with Crippen LogP contribution in [0.4, 0.5) is 4.39 Å². The summed E-state index contributed by atoms with van der Waals surface area (Å²) in [6, 6.07) is 10.5. The lowest BCUT2D eigenvalue weighted by atomic mass is 9.95. The summed E-state index contributed by atoms with van der Waals surface area (Å²) in [5.41, 5.74) is 2.77. The number of methoxy groups -OCH3 is 1. The minimum absolute atomic E-state index is 0.166. The molecule has 1 aromatic heterocycles. The molecule has 0 saturated carbocycles. The first kappa shape index (κ1) is 19.2. The molecule has 0 bridgehead atoms. The average Bonchev–Trinajstić information content (AvgIpc) is 2.93. The van der Waals surface area contributed by atoms with Gasteiger partial charge in [0.15, 0.2) is 11.6 Å². The van der Waals surface area contributed by atoms with Crippen LogP contribution in [0.25, 0.3) is 10.9 Å². The predicted molar refractivity (Wildman–Crippen MR) is 110 cm³/mol. The third-order valence-corrected chi connectivity index (χ3v) is 5.89. The molecule has 4 nitrogen and oxygen atoms in total. The highest BCUT2D eigenvalue weighted by Crippen LogP contribution is 2.35. The lowest BCUT2D eigenvalue weighted by Crippen LogP contribution is -2.32. The first-order valence-corrected chi connectivity index (χ1v) is 9.72. The van der Waals surface area contributed by atoms with E-state index in [4.69, 9.17) is 16.3 Å². The number of ether oxygens (including phenoxy) is 1. The number of aromatic nitrogens is 1. The van der Waals surface area contributed by atoms with Gasteiger partial charge in [-0.15, -0.1) is 0 Å². The van der Waals surface area contributed by atoms with Crippen molar-refractivity contribution < 1.29 is 14.2 Å². The predicted octanol–water partition coefficient (Wildman–Crippen LogP) is 4.34. The second kappa shape index (κ2) is 7.07. The summed E-state index contributed by atoms with van der Waals surface area (Å²) in [5.74, 6) is -0.314. The highest BCUT2D eigenvalue weighted by atomic mass is 35.5. The topological polar surface area (TPSA) is 37.6 Å². The van der Waals surface area contributed by atoms with E-state index in [1.807, 2.05) is 18.2 Å². The third kappa shape index (κ3) is 3.28. The van der Waals surface area contributed by atoms with Crippen LogP contribution in [-0.2, 0) is 25.1 Å². The van der Waals surface area contributed by atoms with Crippen molar-refractivity contribution in [2.45, 2.75) is 32.0 Å². The van der Waals surface area contributed by atoms with Gasteiger partial charge in [-0.2, -0.15) is 0 Å². The number of hydrogen-bond donors (Lipinski definition) is 1. The van der Waals surface area contributed by atoms with Crippen LogP contribution >= 0.6 is 11.6 Å². The van der Waals surface area contributed by atoms with Gasteiger partial charge in [-0.25, -0.2) is 4.39 Å². The quantitative estimate of drug-likeness (QED) is 0.705. The molecule has 4 rings (SSSR count). The zero-order valence-electron chi connectivity index (χ0n) is 16.3. The number of benzene rings is 2. The molecule has 6 heteroatoms. The van der Waals surface area contributed by atoms with Gasteiger partial charge in [-0.1, -0.05) is 17.7 Å². The van der Waals surface area contributed by atoms with Gasteiger partial charge in [0.1, 0.15) is 5.60 Å². The van der Waals surface area contributed by atoms with Crippen LogP contribution in [0.15, 0.2) is 36.4 Å². The standard InChI is InChI=1S/C22H24ClFN2O2/c1-22(27,14-4-7-21(28-3)18(24)10-14)13-26-19-6-5-15(23)11-17(19)16-8-9-25(2)12-20(16)26/h4-7,10-11,27H,8-9,12-13H2,1-3H3. The van der Waals surface area contributed by atoms with E-state index < -0.39 is 11.4 Å². The van der Waals surface area contributed by atoms with Crippen molar-refractivity contribution >= 4 is 22.5 Å². The summed E-state index contributed by atoms with van der Waals surface area (Å²) in [4.78, 5) is 2.26. The van der Waals surface area contributed by atoms with E-state index in [0.29, 0.717) is 17.1 Å². The fraction of sp³-hybridized carbons (Fsp3) is 0.364. The Balaban J connectivity index is 1.81. The maximum atomic E-state index is 14.2. The fourth-order valence-corrected chi connectivity index (χ4v) is 4.30. The van der Waals surface area contributed by atoms with Crippen molar-refractivity contribution in [3.63, 3.8) is 0 Å². The van der Waals surface area contributed by atoms with Crippen molar-refractivity contribution in [3.8, 4) is 5.75 Å². The zero-order valence-corrected chi connectivity index (χ0v) is 17.1. The Morgan fingerprint density at radius 1 is 1.25 bits per heavy atom. The number of likely N-dealkylation sites (N-methyl/N-ethyl adjacent to an activating group) is 1. The van der Waals surface area contributed by atoms with Gasteiger partial charge in [-0.05, 0) is 61.9 Å². The largest absolute Gasteiger partial charge is 0.494 e. The molecule has 0 amide bonds. The summed E-state index contributed by atoms with van der Waals surface area (Å²) in [5, 5.41) is 13.1. The maximum absolute atomic E-state index is 14.2. The monoisotopic (exact) mass is 402 g/mol. The second-order valence-corrected chi connectivity index (χ2v) is 8.22. The summed E-state index contributed by atoms with van der Waals surface area (Å²) in [7, 11) is 3.52. The second-order valence-electron chi connectivity index (χ2n) is 7.78. The van der Waals surface area contributed by atoms with Crippen molar-refractivity contribution in [1.82, 2.24) is 9.47 Å². The van der Waals surface area contributed by atoms with Gasteiger partial charge in [0.2, 0.25) is 0 Å². The Labute approximate surface area is 169 Å². The SMILES string of the molecule is COc1ccc(C(C)(O)Cn2c3c(c4cc(Cl)ccc42)CCN(C)C3)cc1F. The minimum Gasteiger partial charge on any atom is -0.494 e. The van der Waals surface area contributed by atoms with Crippen molar-refractivity contribution in [2.24, 2.45) is 0 Å². The summed E-state index contributed by atoms with van der Waals surface area (Å²) in [6.07, 6.45) is 0.939. The van der Waals surface area contributed by atoms with E-state index in [1.54, 1.807) is 19.1 Å². The van der Waals surface area contributed by atoms with E-state index in [-0.39, 0.29) is 5.75 Å². The molecule has 0 saturated heterocycles. The first-order valence-electron chi connectivity index (χ1n) is 9.34. The van der Waals surface area contributed by atoms with Gasteiger partial charge in [0, 0.05) is 34.7 Å². The number of hydrogen-bond acceptors (Lipinski definition) is 3. The molecule has 0 aliphatic carbocycles. The third-order valence-electron chi connectivity index (χ3n) is 5.65. The van der Waals surface area contributed by atoms with Crippen LogP contribution in [0.1, 0.15) is 23.7 Å². The van der Waals surface area contributed by atoms with Gasteiger partial charge in [0.05, 0.1) is 13.7 Å². The molecule has 1 aliphatic heterocycles. The van der Waals surface area contributed by atoms with Gasteiger partial charge >= 0.3 is 0 Å². The average molecular weight is 403 g/mol. The molecule has 1 unspecified atom stereocenters. The zero-order chi connectivity index (χ0) is 20.1. The van der Waals surface area contributed by atoms with E-state index in [9.17, 15) is 9.50 Å². The fourth-order valence-electron chi connectivity index (χ4n) is 4.13. The van der Waals surface area contributed by atoms with Crippen LogP contribution in [0.2, 0.25) is 5.02 Å². The summed E-state index contributed by atoms with van der Waals surface area (Å²) in [6.45, 7) is 3.82. The number of halogens is 2. The maximum Gasteiger partial charge on any atom is 0.165 e. The van der Waals surface area contributed by atoms with Gasteiger partial charge in [0.25, 0.3) is 0 Å². The Morgan fingerprint density at radius 3 is 2.75 bits per heavy atom. The number of nitrogens with zero attached hydrogens (tertiary/aromatic N) is 2. The number of rotatable bonds is 4. The molecular weight excluding hydrogens is 379 g/mol. The molecule has 2 heterocycles. The smallest absolute Gasteiger partial charge is 0.165 e. The Hall–Kier alpha value is -2.08. The summed E-state index contributed by atoms with van der Waals surface area (Å²) >= 11 is 6.25.